The SMILES string of the molecule is C/N=N\C(CCCNC(=O)c1cc(NC(=O)c2coc(C3CC3)n2)c(N2CCN(c3ccccc3C)CC2)cc1O)=N/C. The molecule has 3 N–H and O–H groups in total. The second-order valence-electron chi connectivity index (χ2n) is 10.7. The minimum Gasteiger partial charge on any atom is -0.507 e. The number of nitrogens with zero attached hydrogens (tertiary/aromatic N) is 6. The Morgan fingerprint density at radius 1 is 1.05 bits per heavy atom. The number of hydrogen-bond acceptors (Lipinski definition) is 9. The van der Waals surface area contributed by atoms with Crippen LogP contribution in [0.3, 0.4) is 0 Å². The molecule has 0 spiro atoms. The van der Waals surface area contributed by atoms with Crippen molar-refractivity contribution in [3.8, 4) is 5.75 Å². The number of para-hydroxylation sites is 1. The highest BCUT2D eigenvalue weighted by Crippen LogP contribution is 2.39. The zero-order valence-corrected chi connectivity index (χ0v) is 24.8. The molecule has 0 radical (unpaired) electrons. The second-order valence-corrected chi connectivity index (χ2v) is 10.7. The van der Waals surface area contributed by atoms with Crippen molar-refractivity contribution >= 4 is 34.7 Å². The van der Waals surface area contributed by atoms with Gasteiger partial charge in [0.15, 0.2) is 11.6 Å². The maximum Gasteiger partial charge on any atom is 0.277 e. The number of oxazole rings is 1. The Hall–Kier alpha value is -4.74. The van der Waals surface area contributed by atoms with E-state index in [1.54, 1.807) is 20.2 Å². The molecule has 1 aliphatic carbocycles. The monoisotopic (exact) mass is 586 g/mol. The van der Waals surface area contributed by atoms with Crippen LogP contribution in [0, 0.1) is 6.92 Å². The van der Waals surface area contributed by atoms with Gasteiger partial charge in [-0.15, -0.1) is 5.11 Å². The van der Waals surface area contributed by atoms with Crippen LogP contribution in [-0.2, 0) is 0 Å². The first-order chi connectivity index (χ1) is 20.9. The van der Waals surface area contributed by atoms with Gasteiger partial charge in [-0.3, -0.25) is 14.6 Å². The first-order valence-corrected chi connectivity index (χ1v) is 14.6. The van der Waals surface area contributed by atoms with E-state index in [1.807, 2.05) is 12.1 Å². The molecule has 2 amide bonds. The third-order valence-corrected chi connectivity index (χ3v) is 7.70. The lowest BCUT2D eigenvalue weighted by molar-refractivity contribution is 0.0949. The molecule has 0 atom stereocenters. The number of rotatable bonds is 10. The van der Waals surface area contributed by atoms with Gasteiger partial charge in [-0.1, -0.05) is 18.2 Å². The summed E-state index contributed by atoms with van der Waals surface area (Å²) in [5, 5.41) is 24.4. The van der Waals surface area contributed by atoms with Crippen LogP contribution in [0.25, 0.3) is 0 Å². The van der Waals surface area contributed by atoms with E-state index in [4.69, 9.17) is 4.42 Å². The molecule has 2 fully saturated rings. The maximum atomic E-state index is 13.3. The molecule has 43 heavy (non-hydrogen) atoms. The first-order valence-electron chi connectivity index (χ1n) is 14.6. The molecule has 1 saturated carbocycles. The first kappa shape index (κ1) is 29.7. The third kappa shape index (κ3) is 7.19. The predicted octanol–water partition coefficient (Wildman–Crippen LogP) is 4.77. The molecule has 0 bridgehead atoms. The minimum absolute atomic E-state index is 0.0639. The van der Waals surface area contributed by atoms with Gasteiger partial charge in [-0.25, -0.2) is 4.98 Å². The summed E-state index contributed by atoms with van der Waals surface area (Å²) in [4.78, 5) is 39.2. The van der Waals surface area contributed by atoms with Crippen LogP contribution in [-0.4, -0.2) is 74.6 Å². The van der Waals surface area contributed by atoms with E-state index in [-0.39, 0.29) is 22.9 Å². The molecule has 12 nitrogen and oxygen atoms in total. The third-order valence-electron chi connectivity index (χ3n) is 7.70. The Balaban J connectivity index is 1.34. The zero-order valence-electron chi connectivity index (χ0n) is 24.8. The number of aliphatic imine (C=N–C) groups is 1. The summed E-state index contributed by atoms with van der Waals surface area (Å²) in [6.07, 6.45) is 4.53. The van der Waals surface area contributed by atoms with E-state index in [0.29, 0.717) is 55.6 Å². The largest absolute Gasteiger partial charge is 0.507 e. The maximum absolute atomic E-state index is 13.3. The van der Waals surface area contributed by atoms with E-state index >= 15 is 0 Å². The highest BCUT2D eigenvalue weighted by atomic mass is 16.3. The number of phenols is 1. The molecule has 1 aromatic heterocycles. The number of amides is 2. The normalized spacial score (nSPS) is 15.7. The molecule has 2 aromatic carbocycles. The Kier molecular flexibility index (Phi) is 9.33. The smallest absolute Gasteiger partial charge is 0.277 e. The Morgan fingerprint density at radius 3 is 2.44 bits per heavy atom. The molecule has 1 saturated heterocycles. The predicted molar refractivity (Wildman–Crippen MR) is 166 cm³/mol. The van der Waals surface area contributed by atoms with Gasteiger partial charge in [0, 0.05) is 70.9 Å². The van der Waals surface area contributed by atoms with Crippen LogP contribution < -0.4 is 20.4 Å². The van der Waals surface area contributed by atoms with E-state index in [1.165, 1.54) is 23.6 Å². The number of aromatic hydroxyl groups is 1. The van der Waals surface area contributed by atoms with Crippen molar-refractivity contribution in [3.63, 3.8) is 0 Å². The number of phenolic OH excluding ortho intramolecular Hbond substituents is 1. The fourth-order valence-electron chi connectivity index (χ4n) is 5.19. The van der Waals surface area contributed by atoms with Crippen molar-refractivity contribution in [2.75, 3.05) is 61.9 Å². The van der Waals surface area contributed by atoms with Gasteiger partial charge in [0.1, 0.15) is 17.8 Å². The van der Waals surface area contributed by atoms with Crippen molar-refractivity contribution in [2.24, 2.45) is 15.2 Å². The van der Waals surface area contributed by atoms with Crippen molar-refractivity contribution in [1.82, 2.24) is 10.3 Å². The number of amidine groups is 1. The van der Waals surface area contributed by atoms with Crippen molar-refractivity contribution in [1.29, 1.82) is 0 Å². The number of aromatic nitrogens is 1. The molecular weight excluding hydrogens is 548 g/mol. The molecule has 226 valence electrons. The van der Waals surface area contributed by atoms with Gasteiger partial charge < -0.3 is 30.0 Å². The number of carbonyl (C=O) groups excluding carboxylic acids is 2. The fourth-order valence-corrected chi connectivity index (χ4v) is 5.19. The van der Waals surface area contributed by atoms with Crippen LogP contribution >= 0.6 is 0 Å². The lowest BCUT2D eigenvalue weighted by atomic mass is 10.1. The van der Waals surface area contributed by atoms with Gasteiger partial charge in [-0.2, -0.15) is 5.11 Å². The van der Waals surface area contributed by atoms with Crippen molar-refractivity contribution < 1.29 is 19.1 Å². The molecular formula is C31H38N8O4. The quantitative estimate of drug-likeness (QED) is 0.102. The molecule has 2 aliphatic rings. The summed E-state index contributed by atoms with van der Waals surface area (Å²) in [7, 11) is 3.22. The molecule has 0 unspecified atom stereocenters. The Bertz CT molecular complexity index is 1520. The van der Waals surface area contributed by atoms with Gasteiger partial charge in [0.25, 0.3) is 11.8 Å². The molecule has 5 rings (SSSR count). The Morgan fingerprint density at radius 2 is 1.77 bits per heavy atom. The minimum atomic E-state index is -0.450. The standard InChI is InChI=1S/C31H38N8O4/c1-20-7-4-5-8-25(20)38-13-15-39(16-14-38)26-18-27(40)22(29(41)34-12-6-9-28(32-2)37-33-3)17-23(26)35-30(42)24-19-43-31(36-24)21-10-11-21/h4-5,7-8,17-19,21,40H,6,9-16H2,1-3H3,(H,34,41)(H,35,42)/b32-28-,37-33-. The number of benzene rings is 2. The summed E-state index contributed by atoms with van der Waals surface area (Å²) < 4.78 is 5.52. The van der Waals surface area contributed by atoms with Gasteiger partial charge in [-0.05, 0) is 43.9 Å². The van der Waals surface area contributed by atoms with Crippen molar-refractivity contribution in [2.45, 2.75) is 38.5 Å². The molecule has 3 aromatic rings. The number of aryl methyl sites for hydroxylation is 1. The van der Waals surface area contributed by atoms with Crippen molar-refractivity contribution in [3.05, 3.63) is 65.4 Å². The number of nitrogens with one attached hydrogen (secondary N) is 2. The summed E-state index contributed by atoms with van der Waals surface area (Å²) in [6.45, 7) is 5.29. The van der Waals surface area contributed by atoms with Crippen LogP contribution in [0.1, 0.15) is 63.9 Å². The second kappa shape index (κ2) is 13.5. The lowest BCUT2D eigenvalue weighted by Crippen LogP contribution is -2.47. The van der Waals surface area contributed by atoms with E-state index in [2.05, 4.69) is 59.7 Å². The van der Waals surface area contributed by atoms with E-state index < -0.39 is 11.8 Å². The lowest BCUT2D eigenvalue weighted by Gasteiger charge is -2.38. The summed E-state index contributed by atoms with van der Waals surface area (Å²) >= 11 is 0. The zero-order chi connectivity index (χ0) is 30.3. The highest BCUT2D eigenvalue weighted by Gasteiger charge is 2.30. The fraction of sp³-hybridized carbons (Fsp3) is 0.419. The van der Waals surface area contributed by atoms with Gasteiger partial charge in [0.05, 0.1) is 16.9 Å². The topological polar surface area (TPSA) is 148 Å². The van der Waals surface area contributed by atoms with Crippen LogP contribution in [0.2, 0.25) is 0 Å². The average molecular weight is 587 g/mol. The number of azo groups is 1. The summed E-state index contributed by atoms with van der Waals surface area (Å²) in [6, 6.07) is 11.4. The van der Waals surface area contributed by atoms with Crippen LogP contribution in [0.15, 0.2) is 62.3 Å². The molecule has 1 aliphatic heterocycles. The molecule has 12 heteroatoms. The Labute approximate surface area is 250 Å². The summed E-state index contributed by atoms with van der Waals surface area (Å²) in [5.74, 6) is 0.377. The van der Waals surface area contributed by atoms with Gasteiger partial charge in [0.2, 0.25) is 0 Å². The van der Waals surface area contributed by atoms with Crippen LogP contribution in [0.4, 0.5) is 17.1 Å². The van der Waals surface area contributed by atoms with Crippen LogP contribution in [0.5, 0.6) is 5.75 Å². The number of hydrogen-bond donors (Lipinski definition) is 3. The highest BCUT2D eigenvalue weighted by molar-refractivity contribution is 6.07. The number of piperazine rings is 1. The van der Waals surface area contributed by atoms with E-state index in [0.717, 1.165) is 25.9 Å². The van der Waals surface area contributed by atoms with Gasteiger partial charge >= 0.3 is 0 Å². The molecule has 2 heterocycles. The number of anilines is 3. The summed E-state index contributed by atoms with van der Waals surface area (Å²) in [5.41, 5.74) is 3.69. The average Bonchev–Trinajstić information content (AvgIpc) is 3.75. The van der Waals surface area contributed by atoms with E-state index in [9.17, 15) is 14.7 Å². The number of carbonyl (C=O) groups is 2.